The van der Waals surface area contributed by atoms with Gasteiger partial charge in [0.25, 0.3) is 0 Å². The Morgan fingerprint density at radius 2 is 1.72 bits per heavy atom. The Hall–Kier alpha value is -2.42. The third-order valence-corrected chi connectivity index (χ3v) is 4.27. The fourth-order valence-electron chi connectivity index (χ4n) is 2.71. The Bertz CT molecular complexity index is 704. The molecule has 0 aliphatic carbocycles. The summed E-state index contributed by atoms with van der Waals surface area (Å²) < 4.78 is 5.51. The predicted octanol–water partition coefficient (Wildman–Crippen LogP) is 5.06. The van der Waals surface area contributed by atoms with Crippen LogP contribution in [0.25, 0.3) is 0 Å². The summed E-state index contributed by atoms with van der Waals surface area (Å²) in [4.78, 5) is 22.9. The zero-order valence-corrected chi connectivity index (χ0v) is 15.2. The maximum absolute atomic E-state index is 12.0. The molecule has 0 saturated carbocycles. The first-order valence-corrected chi connectivity index (χ1v) is 8.79. The molecule has 0 spiro atoms. The van der Waals surface area contributed by atoms with Gasteiger partial charge in [-0.25, -0.2) is 0 Å². The van der Waals surface area contributed by atoms with Crippen LogP contribution in [0.1, 0.15) is 55.5 Å². The van der Waals surface area contributed by atoms with E-state index >= 15 is 0 Å². The number of rotatable bonds is 4. The summed E-state index contributed by atoms with van der Waals surface area (Å²) in [5.41, 5.74) is 2.06. The van der Waals surface area contributed by atoms with Gasteiger partial charge in [-0.2, -0.15) is 0 Å². The fraction of sp³-hybridized carbons (Fsp3) is 0.364. The molecule has 0 bridgehead atoms. The van der Waals surface area contributed by atoms with Gasteiger partial charge in [0.2, 0.25) is 0 Å². The Morgan fingerprint density at radius 3 is 2.32 bits per heavy atom. The van der Waals surface area contributed by atoms with Gasteiger partial charge in [0.15, 0.2) is 5.78 Å². The normalized spacial score (nSPS) is 15.7. The number of benzene rings is 2. The van der Waals surface area contributed by atoms with Gasteiger partial charge in [-0.1, -0.05) is 56.3 Å². The van der Waals surface area contributed by atoms with Crippen LogP contribution in [0, 0.1) is 5.92 Å². The lowest BCUT2D eigenvalue weighted by molar-refractivity contribution is -0.117. The van der Waals surface area contributed by atoms with E-state index in [9.17, 15) is 9.59 Å². The molecule has 1 atom stereocenters. The SMILES string of the molecule is CC(=O)CCC1COc2ccccc2C1=O.CC(C)c1ccccc1. The van der Waals surface area contributed by atoms with E-state index in [1.807, 2.05) is 18.2 Å². The first-order valence-electron chi connectivity index (χ1n) is 8.79. The molecule has 0 aromatic heterocycles. The average Bonchev–Trinajstić information content (AvgIpc) is 2.62. The highest BCUT2D eigenvalue weighted by Gasteiger charge is 2.28. The van der Waals surface area contributed by atoms with Gasteiger partial charge in [0, 0.05) is 6.42 Å². The molecule has 1 aliphatic rings. The highest BCUT2D eigenvalue weighted by Crippen LogP contribution is 2.28. The van der Waals surface area contributed by atoms with Crippen LogP contribution in [0.4, 0.5) is 0 Å². The Labute approximate surface area is 150 Å². The van der Waals surface area contributed by atoms with Crippen LogP contribution in [0.5, 0.6) is 5.75 Å². The Balaban J connectivity index is 0.000000212. The molecule has 0 fully saturated rings. The highest BCUT2D eigenvalue weighted by atomic mass is 16.5. The predicted molar refractivity (Wildman–Crippen MR) is 100 cm³/mol. The van der Waals surface area contributed by atoms with Crippen molar-refractivity contribution in [2.24, 2.45) is 5.92 Å². The van der Waals surface area contributed by atoms with Gasteiger partial charge in [-0.15, -0.1) is 0 Å². The van der Waals surface area contributed by atoms with Crippen molar-refractivity contribution >= 4 is 11.6 Å². The Morgan fingerprint density at radius 1 is 1.08 bits per heavy atom. The fourth-order valence-corrected chi connectivity index (χ4v) is 2.71. The molecular formula is C22H26O3. The van der Waals surface area contributed by atoms with Crippen LogP contribution in [0.3, 0.4) is 0 Å². The van der Waals surface area contributed by atoms with Gasteiger partial charge in [-0.3, -0.25) is 4.79 Å². The molecule has 2 aromatic carbocycles. The van der Waals surface area contributed by atoms with E-state index in [0.29, 0.717) is 36.7 Å². The van der Waals surface area contributed by atoms with Crippen LogP contribution in [-0.4, -0.2) is 18.2 Å². The number of para-hydroxylation sites is 1. The number of carbonyl (C=O) groups excluding carboxylic acids is 2. The van der Waals surface area contributed by atoms with E-state index in [4.69, 9.17) is 4.74 Å². The molecule has 3 heteroatoms. The Kier molecular flexibility index (Phi) is 6.93. The number of carbonyl (C=O) groups is 2. The van der Waals surface area contributed by atoms with Gasteiger partial charge >= 0.3 is 0 Å². The van der Waals surface area contributed by atoms with Crippen LogP contribution in [0.2, 0.25) is 0 Å². The first-order chi connectivity index (χ1) is 12.0. The van der Waals surface area contributed by atoms with E-state index in [1.54, 1.807) is 19.1 Å². The van der Waals surface area contributed by atoms with Gasteiger partial charge < -0.3 is 9.53 Å². The molecular weight excluding hydrogens is 312 g/mol. The summed E-state index contributed by atoms with van der Waals surface area (Å²) in [5, 5.41) is 0. The van der Waals surface area contributed by atoms with E-state index in [1.165, 1.54) is 5.56 Å². The summed E-state index contributed by atoms with van der Waals surface area (Å²) in [7, 11) is 0. The number of ketones is 2. The monoisotopic (exact) mass is 338 g/mol. The second kappa shape index (κ2) is 9.16. The summed E-state index contributed by atoms with van der Waals surface area (Å²) in [5.74, 6) is 1.37. The molecule has 132 valence electrons. The number of Topliss-reactive ketones (excluding diaryl/α,β-unsaturated/α-hetero) is 2. The number of hydrogen-bond donors (Lipinski definition) is 0. The average molecular weight is 338 g/mol. The molecule has 1 heterocycles. The minimum atomic E-state index is -0.168. The van der Waals surface area contributed by atoms with E-state index in [-0.39, 0.29) is 17.5 Å². The van der Waals surface area contributed by atoms with Crippen molar-refractivity contribution < 1.29 is 14.3 Å². The van der Waals surface area contributed by atoms with Gasteiger partial charge in [-0.05, 0) is 37.0 Å². The smallest absolute Gasteiger partial charge is 0.173 e. The third kappa shape index (κ3) is 5.56. The molecule has 0 saturated heterocycles. The number of fused-ring (bicyclic) bond motifs is 1. The standard InChI is InChI=1S/C13H14O3.C9H12/c1-9(14)6-7-10-8-16-12-5-3-2-4-11(12)13(10)15;1-8(2)9-6-4-3-5-7-9/h2-5,10H,6-8H2,1H3;3-8H,1-2H3. The van der Waals surface area contributed by atoms with E-state index in [2.05, 4.69) is 38.1 Å². The summed E-state index contributed by atoms with van der Waals surface area (Å²) >= 11 is 0. The van der Waals surface area contributed by atoms with Crippen LogP contribution < -0.4 is 4.74 Å². The molecule has 0 radical (unpaired) electrons. The minimum Gasteiger partial charge on any atom is -0.492 e. The number of hydrogen-bond acceptors (Lipinski definition) is 3. The summed E-state index contributed by atoms with van der Waals surface area (Å²) in [6.07, 6.45) is 1.03. The molecule has 3 nitrogen and oxygen atoms in total. The van der Waals surface area contributed by atoms with Crippen LogP contribution >= 0.6 is 0 Å². The summed E-state index contributed by atoms with van der Waals surface area (Å²) in [6.45, 7) is 6.34. The van der Waals surface area contributed by atoms with Crippen molar-refractivity contribution in [1.82, 2.24) is 0 Å². The molecule has 3 rings (SSSR count). The van der Waals surface area contributed by atoms with Crippen molar-refractivity contribution in [3.8, 4) is 5.75 Å². The molecule has 1 unspecified atom stereocenters. The first kappa shape index (κ1) is 18.9. The van der Waals surface area contributed by atoms with Crippen LogP contribution in [-0.2, 0) is 4.79 Å². The quantitative estimate of drug-likeness (QED) is 0.783. The van der Waals surface area contributed by atoms with Crippen LogP contribution in [0.15, 0.2) is 54.6 Å². The molecule has 0 amide bonds. The molecule has 0 N–H and O–H groups in total. The maximum atomic E-state index is 12.0. The lowest BCUT2D eigenvalue weighted by Crippen LogP contribution is -2.28. The van der Waals surface area contributed by atoms with Crippen molar-refractivity contribution in [3.63, 3.8) is 0 Å². The van der Waals surface area contributed by atoms with Crippen molar-refractivity contribution in [2.45, 2.75) is 39.5 Å². The van der Waals surface area contributed by atoms with Crippen molar-refractivity contribution in [1.29, 1.82) is 0 Å². The largest absolute Gasteiger partial charge is 0.492 e. The van der Waals surface area contributed by atoms with E-state index < -0.39 is 0 Å². The second-order valence-electron chi connectivity index (χ2n) is 6.67. The zero-order chi connectivity index (χ0) is 18.2. The summed E-state index contributed by atoms with van der Waals surface area (Å²) in [6, 6.07) is 17.8. The molecule has 25 heavy (non-hydrogen) atoms. The minimum absolute atomic E-state index is 0.100. The lowest BCUT2D eigenvalue weighted by Gasteiger charge is -2.23. The van der Waals surface area contributed by atoms with Crippen molar-refractivity contribution in [3.05, 3.63) is 65.7 Å². The highest BCUT2D eigenvalue weighted by molar-refractivity contribution is 6.01. The van der Waals surface area contributed by atoms with Gasteiger partial charge in [0.1, 0.15) is 11.5 Å². The molecule has 2 aromatic rings. The van der Waals surface area contributed by atoms with E-state index in [0.717, 1.165) is 0 Å². The second-order valence-corrected chi connectivity index (χ2v) is 6.67. The molecule has 1 aliphatic heterocycles. The zero-order valence-electron chi connectivity index (χ0n) is 15.2. The third-order valence-electron chi connectivity index (χ3n) is 4.27. The number of ether oxygens (including phenoxy) is 1. The topological polar surface area (TPSA) is 43.4 Å². The van der Waals surface area contributed by atoms with Gasteiger partial charge in [0.05, 0.1) is 18.1 Å². The maximum Gasteiger partial charge on any atom is 0.173 e. The van der Waals surface area contributed by atoms with Crippen molar-refractivity contribution in [2.75, 3.05) is 6.61 Å². The lowest BCUT2D eigenvalue weighted by atomic mass is 9.91.